The predicted octanol–water partition coefficient (Wildman–Crippen LogP) is 0.137. The number of oxime groups is 1. The molecule has 0 unspecified atom stereocenters. The molecule has 0 N–H and O–H groups in total. The second-order valence-electron chi connectivity index (χ2n) is 3.97. The highest BCUT2D eigenvalue weighted by Crippen LogP contribution is 2.15. The molecule has 0 atom stereocenters. The number of hydrogen-bond donors (Lipinski definition) is 0. The molecule has 3 amide bonds. The summed E-state index contributed by atoms with van der Waals surface area (Å²) < 4.78 is 4.91. The maximum Gasteiger partial charge on any atom is 0.442 e. The van der Waals surface area contributed by atoms with E-state index in [1.54, 1.807) is 12.0 Å². The van der Waals surface area contributed by atoms with Gasteiger partial charge in [-0.05, 0) is 0 Å². The lowest BCUT2D eigenvalue weighted by Gasteiger charge is -2.26. The van der Waals surface area contributed by atoms with E-state index in [9.17, 15) is 14.4 Å². The normalized spacial score (nSPS) is 17.2. The Morgan fingerprint density at radius 2 is 2.20 bits per heavy atom. The van der Waals surface area contributed by atoms with E-state index in [0.29, 0.717) is 25.4 Å². The summed E-state index contributed by atoms with van der Waals surface area (Å²) in [4.78, 5) is 41.3. The Kier molecular flexibility index (Phi) is 6.46. The molecule has 20 heavy (non-hydrogen) atoms. The van der Waals surface area contributed by atoms with Crippen molar-refractivity contribution < 1.29 is 24.0 Å². The van der Waals surface area contributed by atoms with Crippen LogP contribution in [0.4, 0.5) is 4.79 Å². The third kappa shape index (κ3) is 4.49. The van der Waals surface area contributed by atoms with Gasteiger partial charge in [0.15, 0.2) is 0 Å². The third-order valence-electron chi connectivity index (χ3n) is 2.59. The zero-order chi connectivity index (χ0) is 15.1. The Labute approximate surface area is 121 Å². The Balaban J connectivity index is 2.61. The van der Waals surface area contributed by atoms with Crippen molar-refractivity contribution in [2.45, 2.75) is 6.92 Å². The molecule has 0 aliphatic carbocycles. The van der Waals surface area contributed by atoms with Gasteiger partial charge in [0.2, 0.25) is 11.0 Å². The average Bonchev–Trinajstić information content (AvgIpc) is 2.43. The summed E-state index contributed by atoms with van der Waals surface area (Å²) in [5.41, 5.74) is 0. The number of hydrogen-bond acceptors (Lipinski definition) is 7. The highest BCUT2D eigenvalue weighted by molar-refractivity contribution is 8.15. The van der Waals surface area contributed by atoms with E-state index in [2.05, 4.69) is 9.99 Å². The zero-order valence-corrected chi connectivity index (χ0v) is 12.4. The molecule has 1 saturated heterocycles. The number of methoxy groups -OCH3 is 1. The van der Waals surface area contributed by atoms with Crippen LogP contribution in [0.25, 0.3) is 0 Å². The maximum absolute atomic E-state index is 12.0. The van der Waals surface area contributed by atoms with Crippen LogP contribution in [0.5, 0.6) is 0 Å². The van der Waals surface area contributed by atoms with Crippen LogP contribution in [-0.4, -0.2) is 72.4 Å². The summed E-state index contributed by atoms with van der Waals surface area (Å²) in [6.45, 7) is 2.70. The SMILES string of the molecule is COCCN1CCSC(=NOC(=O)N(C)C(C)=O)C1=O. The fraction of sp³-hybridized carbons (Fsp3) is 0.636. The molecule has 1 heterocycles. The van der Waals surface area contributed by atoms with Crippen molar-refractivity contribution in [3.63, 3.8) is 0 Å². The molecule has 0 bridgehead atoms. The molecule has 0 saturated carbocycles. The summed E-state index contributed by atoms with van der Waals surface area (Å²) in [5.74, 6) is -0.120. The lowest BCUT2D eigenvalue weighted by molar-refractivity contribution is -0.126. The lowest BCUT2D eigenvalue weighted by atomic mass is 10.4. The number of nitrogens with zero attached hydrogens (tertiary/aromatic N) is 3. The number of amides is 3. The van der Waals surface area contributed by atoms with E-state index < -0.39 is 12.0 Å². The third-order valence-corrected chi connectivity index (χ3v) is 3.50. The van der Waals surface area contributed by atoms with E-state index in [0.717, 1.165) is 4.90 Å². The van der Waals surface area contributed by atoms with Gasteiger partial charge < -0.3 is 9.64 Å². The van der Waals surface area contributed by atoms with Crippen LogP contribution in [0.1, 0.15) is 6.92 Å². The predicted molar refractivity (Wildman–Crippen MR) is 73.3 cm³/mol. The van der Waals surface area contributed by atoms with Crippen LogP contribution in [0.15, 0.2) is 5.16 Å². The molecular formula is C11H17N3O5S. The fourth-order valence-corrected chi connectivity index (χ4v) is 2.15. The van der Waals surface area contributed by atoms with Crippen molar-refractivity contribution in [2.24, 2.45) is 5.16 Å². The van der Waals surface area contributed by atoms with Crippen LogP contribution >= 0.6 is 11.8 Å². The first-order chi connectivity index (χ1) is 9.47. The van der Waals surface area contributed by atoms with Crippen LogP contribution in [0, 0.1) is 0 Å². The Morgan fingerprint density at radius 1 is 1.50 bits per heavy atom. The lowest BCUT2D eigenvalue weighted by Crippen LogP contribution is -2.43. The largest absolute Gasteiger partial charge is 0.442 e. The van der Waals surface area contributed by atoms with Gasteiger partial charge in [-0.15, -0.1) is 0 Å². The van der Waals surface area contributed by atoms with Gasteiger partial charge >= 0.3 is 6.09 Å². The van der Waals surface area contributed by atoms with Crippen molar-refractivity contribution in [1.29, 1.82) is 0 Å². The van der Waals surface area contributed by atoms with Crippen molar-refractivity contribution in [2.75, 3.05) is 39.6 Å². The summed E-state index contributed by atoms with van der Waals surface area (Å²) in [6.07, 6.45) is -0.924. The first-order valence-corrected chi connectivity index (χ1v) is 6.90. The Hall–Kier alpha value is -1.61. The van der Waals surface area contributed by atoms with Crippen LogP contribution < -0.4 is 0 Å². The molecular weight excluding hydrogens is 286 g/mol. The first kappa shape index (κ1) is 16.4. The Bertz CT molecular complexity index is 426. The molecule has 0 aromatic heterocycles. The minimum atomic E-state index is -0.924. The van der Waals surface area contributed by atoms with Gasteiger partial charge in [-0.1, -0.05) is 16.9 Å². The van der Waals surface area contributed by atoms with E-state index in [1.807, 2.05) is 0 Å². The second-order valence-corrected chi connectivity index (χ2v) is 5.05. The topological polar surface area (TPSA) is 88.5 Å². The van der Waals surface area contributed by atoms with E-state index in [-0.39, 0.29) is 11.0 Å². The molecule has 1 aliphatic heterocycles. The highest BCUT2D eigenvalue weighted by Gasteiger charge is 2.26. The van der Waals surface area contributed by atoms with Crippen LogP contribution in [-0.2, 0) is 19.2 Å². The zero-order valence-electron chi connectivity index (χ0n) is 11.6. The van der Waals surface area contributed by atoms with Gasteiger partial charge in [0, 0.05) is 39.9 Å². The number of ether oxygens (including phenoxy) is 1. The minimum absolute atomic E-state index is 0.0951. The Morgan fingerprint density at radius 3 is 2.80 bits per heavy atom. The number of thioether (sulfide) groups is 1. The van der Waals surface area contributed by atoms with Crippen molar-refractivity contribution in [1.82, 2.24) is 9.80 Å². The smallest absolute Gasteiger partial charge is 0.383 e. The first-order valence-electron chi connectivity index (χ1n) is 5.91. The van der Waals surface area contributed by atoms with Gasteiger partial charge in [0.05, 0.1) is 6.61 Å². The second kappa shape index (κ2) is 7.85. The quantitative estimate of drug-likeness (QED) is 0.542. The molecule has 112 valence electrons. The van der Waals surface area contributed by atoms with Crippen LogP contribution in [0.2, 0.25) is 0 Å². The molecule has 0 aromatic carbocycles. The molecule has 0 radical (unpaired) electrons. The molecule has 1 aliphatic rings. The van der Waals surface area contributed by atoms with Crippen molar-refractivity contribution >= 4 is 34.7 Å². The summed E-state index contributed by atoms with van der Waals surface area (Å²) in [6, 6.07) is 0. The maximum atomic E-state index is 12.0. The van der Waals surface area contributed by atoms with Crippen molar-refractivity contribution in [3.8, 4) is 0 Å². The summed E-state index contributed by atoms with van der Waals surface area (Å²) in [7, 11) is 2.82. The van der Waals surface area contributed by atoms with Crippen molar-refractivity contribution in [3.05, 3.63) is 0 Å². The summed E-state index contributed by atoms with van der Waals surface area (Å²) in [5, 5.41) is 3.63. The van der Waals surface area contributed by atoms with Gasteiger partial charge in [-0.3, -0.25) is 14.4 Å². The number of carbonyl (C=O) groups is 3. The van der Waals surface area contributed by atoms with Gasteiger partial charge in [0.1, 0.15) is 0 Å². The molecule has 1 fully saturated rings. The molecule has 0 aromatic rings. The molecule has 8 nitrogen and oxygen atoms in total. The minimum Gasteiger partial charge on any atom is -0.383 e. The molecule has 1 rings (SSSR count). The van der Waals surface area contributed by atoms with Gasteiger partial charge in [-0.2, -0.15) is 0 Å². The highest BCUT2D eigenvalue weighted by atomic mass is 32.2. The fourth-order valence-electron chi connectivity index (χ4n) is 1.30. The average molecular weight is 303 g/mol. The van der Waals surface area contributed by atoms with Gasteiger partial charge in [-0.25, -0.2) is 9.69 Å². The number of imide groups is 1. The molecule has 9 heteroatoms. The van der Waals surface area contributed by atoms with E-state index >= 15 is 0 Å². The summed E-state index contributed by atoms with van der Waals surface area (Å²) >= 11 is 1.21. The molecule has 0 spiro atoms. The number of rotatable bonds is 4. The van der Waals surface area contributed by atoms with E-state index in [1.165, 1.54) is 25.7 Å². The van der Waals surface area contributed by atoms with E-state index in [4.69, 9.17) is 4.74 Å². The monoisotopic (exact) mass is 303 g/mol. The standard InChI is InChI=1S/C11H17N3O5S/c1-8(15)13(2)11(17)19-12-9-10(16)14(4-6-18-3)5-7-20-9/h4-7H2,1-3H3. The van der Waals surface area contributed by atoms with Crippen LogP contribution in [0.3, 0.4) is 0 Å². The van der Waals surface area contributed by atoms with Gasteiger partial charge in [0.25, 0.3) is 5.91 Å². The number of carbonyl (C=O) groups excluding carboxylic acids is 3.